The maximum Gasteiger partial charge on any atom is 0.261 e. The number of benzene rings is 1. The number of nitrogens with one attached hydrogen (secondary N) is 1. The molecule has 1 aromatic carbocycles. The average molecular weight is 383 g/mol. The Morgan fingerprint density at radius 1 is 1.25 bits per heavy atom. The van der Waals surface area contributed by atoms with Gasteiger partial charge < -0.3 is 15.3 Å². The van der Waals surface area contributed by atoms with E-state index in [4.69, 9.17) is 0 Å². The predicted molar refractivity (Wildman–Crippen MR) is 114 cm³/mol. The molecule has 1 fully saturated rings. The second-order valence-electron chi connectivity index (χ2n) is 8.36. The molecule has 4 heteroatoms. The van der Waals surface area contributed by atoms with E-state index in [0.717, 1.165) is 63.7 Å². The van der Waals surface area contributed by atoms with Crippen molar-refractivity contribution in [2.24, 2.45) is 0 Å². The van der Waals surface area contributed by atoms with E-state index in [1.54, 1.807) is 0 Å². The Hall–Kier alpha value is -1.91. The van der Waals surface area contributed by atoms with Gasteiger partial charge in [0.2, 0.25) is 0 Å². The molecule has 1 aromatic rings. The molecule has 4 nitrogen and oxygen atoms in total. The number of hydrogen-bond acceptors (Lipinski definition) is 3. The lowest BCUT2D eigenvalue weighted by Gasteiger charge is -2.35. The number of nitrogens with zero attached hydrogens (tertiary/aromatic N) is 1. The zero-order valence-electron chi connectivity index (χ0n) is 17.3. The predicted octanol–water partition coefficient (Wildman–Crippen LogP) is 3.92. The van der Waals surface area contributed by atoms with Crippen molar-refractivity contribution in [2.75, 3.05) is 19.6 Å². The minimum Gasteiger partial charge on any atom is -0.372 e. The first-order chi connectivity index (χ1) is 13.5. The SMILES string of the molecule is CC(C)=CCCN1CCC(NC(=O)[C@@](O)(C2=CCCC2)c2ccccc2)CC1. The molecule has 2 aliphatic rings. The highest BCUT2D eigenvalue weighted by molar-refractivity contribution is 5.90. The van der Waals surface area contributed by atoms with E-state index in [9.17, 15) is 9.90 Å². The van der Waals surface area contributed by atoms with Crippen molar-refractivity contribution >= 4 is 5.91 Å². The molecule has 1 aliphatic carbocycles. The smallest absolute Gasteiger partial charge is 0.261 e. The summed E-state index contributed by atoms with van der Waals surface area (Å²) in [5.74, 6) is -0.269. The molecule has 28 heavy (non-hydrogen) atoms. The maximum absolute atomic E-state index is 13.2. The topological polar surface area (TPSA) is 52.6 Å². The number of likely N-dealkylation sites (tertiary alicyclic amines) is 1. The summed E-state index contributed by atoms with van der Waals surface area (Å²) >= 11 is 0. The number of carbonyl (C=O) groups is 1. The first kappa shape index (κ1) is 20.8. The summed E-state index contributed by atoms with van der Waals surface area (Å²) in [7, 11) is 0. The van der Waals surface area contributed by atoms with E-state index in [-0.39, 0.29) is 11.9 Å². The van der Waals surface area contributed by atoms with Crippen LogP contribution in [0.2, 0.25) is 0 Å². The highest BCUT2D eigenvalue weighted by Crippen LogP contribution is 2.37. The van der Waals surface area contributed by atoms with Gasteiger partial charge in [-0.2, -0.15) is 0 Å². The minimum atomic E-state index is -1.54. The van der Waals surface area contributed by atoms with Gasteiger partial charge in [0.25, 0.3) is 5.91 Å². The van der Waals surface area contributed by atoms with E-state index < -0.39 is 5.60 Å². The van der Waals surface area contributed by atoms with Crippen molar-refractivity contribution in [3.63, 3.8) is 0 Å². The summed E-state index contributed by atoms with van der Waals surface area (Å²) in [5.41, 5.74) is 1.33. The van der Waals surface area contributed by atoms with E-state index in [1.807, 2.05) is 36.4 Å². The molecule has 1 heterocycles. The van der Waals surface area contributed by atoms with Crippen molar-refractivity contribution in [2.45, 2.75) is 64.0 Å². The summed E-state index contributed by atoms with van der Waals surface area (Å²) < 4.78 is 0. The highest BCUT2D eigenvalue weighted by Gasteiger charge is 2.43. The van der Waals surface area contributed by atoms with Crippen LogP contribution in [0.3, 0.4) is 0 Å². The molecular weight excluding hydrogens is 348 g/mol. The van der Waals surface area contributed by atoms with Crippen LogP contribution < -0.4 is 5.32 Å². The Balaban J connectivity index is 1.62. The van der Waals surface area contributed by atoms with Crippen LogP contribution in [0.1, 0.15) is 57.9 Å². The molecule has 1 amide bonds. The van der Waals surface area contributed by atoms with Crippen molar-refractivity contribution in [3.05, 3.63) is 59.2 Å². The van der Waals surface area contributed by atoms with Crippen molar-refractivity contribution in [3.8, 4) is 0 Å². The number of aliphatic hydroxyl groups is 1. The Morgan fingerprint density at radius 2 is 1.96 bits per heavy atom. The van der Waals surface area contributed by atoms with Crippen LogP contribution in [0.15, 0.2) is 53.6 Å². The monoisotopic (exact) mass is 382 g/mol. The van der Waals surface area contributed by atoms with Crippen molar-refractivity contribution in [1.82, 2.24) is 10.2 Å². The second kappa shape index (κ2) is 9.53. The molecule has 0 unspecified atom stereocenters. The largest absolute Gasteiger partial charge is 0.372 e. The molecule has 2 N–H and O–H groups in total. The van der Waals surface area contributed by atoms with E-state index in [0.29, 0.717) is 5.56 Å². The molecule has 0 spiro atoms. The molecule has 0 aromatic heterocycles. The standard InChI is InChI=1S/C24H34N2O2/c1-19(2)9-8-16-26-17-14-22(15-18-26)25-23(27)24(28,21-12-6-7-13-21)20-10-4-3-5-11-20/h3-5,9-12,22,28H,6-8,13-18H2,1-2H3,(H,25,27)/t24-/m0/s1. The van der Waals surface area contributed by atoms with E-state index >= 15 is 0 Å². The lowest BCUT2D eigenvalue weighted by Crippen LogP contribution is -2.52. The fraction of sp³-hybridized carbons (Fsp3) is 0.542. The van der Waals surface area contributed by atoms with Gasteiger partial charge in [-0.15, -0.1) is 0 Å². The van der Waals surface area contributed by atoms with Crippen molar-refractivity contribution < 1.29 is 9.90 Å². The minimum absolute atomic E-state index is 0.129. The van der Waals surface area contributed by atoms with Gasteiger partial charge in [-0.1, -0.05) is 48.1 Å². The number of rotatable bonds is 7. The fourth-order valence-corrected chi connectivity index (χ4v) is 4.27. The van der Waals surface area contributed by atoms with Gasteiger partial charge >= 0.3 is 0 Å². The van der Waals surface area contributed by atoms with Crippen LogP contribution in [0, 0.1) is 0 Å². The third-order valence-corrected chi connectivity index (χ3v) is 5.95. The molecule has 0 saturated carbocycles. The van der Waals surface area contributed by atoms with Crippen LogP contribution in [-0.2, 0) is 10.4 Å². The second-order valence-corrected chi connectivity index (χ2v) is 8.36. The summed E-state index contributed by atoms with van der Waals surface area (Å²) in [4.78, 5) is 15.7. The number of carbonyl (C=O) groups excluding carboxylic acids is 1. The highest BCUT2D eigenvalue weighted by atomic mass is 16.3. The molecule has 1 saturated heterocycles. The number of piperidine rings is 1. The van der Waals surface area contributed by atoms with Crippen LogP contribution in [0.25, 0.3) is 0 Å². The zero-order chi connectivity index (χ0) is 20.0. The van der Waals surface area contributed by atoms with Crippen LogP contribution in [0.4, 0.5) is 0 Å². The third-order valence-electron chi connectivity index (χ3n) is 5.95. The Kier molecular flexibility index (Phi) is 7.08. The number of allylic oxidation sites excluding steroid dienone is 2. The molecule has 0 radical (unpaired) electrons. The normalized spacial score (nSPS) is 20.3. The molecule has 152 valence electrons. The van der Waals surface area contributed by atoms with Gasteiger partial charge in [-0.25, -0.2) is 0 Å². The van der Waals surface area contributed by atoms with Gasteiger partial charge in [0.05, 0.1) is 0 Å². The zero-order valence-corrected chi connectivity index (χ0v) is 17.3. The summed E-state index contributed by atoms with van der Waals surface area (Å²) in [6.07, 6.45) is 9.99. The Morgan fingerprint density at radius 3 is 2.57 bits per heavy atom. The maximum atomic E-state index is 13.2. The quantitative estimate of drug-likeness (QED) is 0.703. The fourth-order valence-electron chi connectivity index (χ4n) is 4.27. The molecule has 0 bridgehead atoms. The molecule has 3 rings (SSSR count). The third kappa shape index (κ3) is 4.92. The van der Waals surface area contributed by atoms with E-state index in [2.05, 4.69) is 30.1 Å². The van der Waals surface area contributed by atoms with Gasteiger partial charge in [0.1, 0.15) is 0 Å². The van der Waals surface area contributed by atoms with Crippen LogP contribution in [-0.4, -0.2) is 41.6 Å². The van der Waals surface area contributed by atoms with E-state index in [1.165, 1.54) is 5.57 Å². The van der Waals surface area contributed by atoms with Crippen LogP contribution >= 0.6 is 0 Å². The van der Waals surface area contributed by atoms with Gasteiger partial charge in [-0.3, -0.25) is 4.79 Å². The first-order valence-corrected chi connectivity index (χ1v) is 10.6. The lowest BCUT2D eigenvalue weighted by molar-refractivity contribution is -0.138. The van der Waals surface area contributed by atoms with Gasteiger partial charge in [0, 0.05) is 25.7 Å². The first-order valence-electron chi connectivity index (χ1n) is 10.6. The summed E-state index contributed by atoms with van der Waals surface area (Å²) in [5, 5.41) is 14.7. The lowest BCUT2D eigenvalue weighted by atomic mass is 9.84. The molecule has 1 atom stereocenters. The van der Waals surface area contributed by atoms with Crippen LogP contribution in [0.5, 0.6) is 0 Å². The number of hydrogen-bond donors (Lipinski definition) is 2. The summed E-state index contributed by atoms with van der Waals surface area (Å²) in [6.45, 7) is 7.33. The Labute approximate surface area is 169 Å². The number of amides is 1. The van der Waals surface area contributed by atoms with Crippen molar-refractivity contribution in [1.29, 1.82) is 0 Å². The molecular formula is C24H34N2O2. The van der Waals surface area contributed by atoms with Gasteiger partial charge in [-0.05, 0) is 63.5 Å². The molecule has 1 aliphatic heterocycles. The van der Waals surface area contributed by atoms with Gasteiger partial charge in [0.15, 0.2) is 5.60 Å². The Bertz CT molecular complexity index is 713. The summed E-state index contributed by atoms with van der Waals surface area (Å²) in [6, 6.07) is 9.51. The average Bonchev–Trinajstić information content (AvgIpc) is 3.24.